The normalized spacial score (nSPS) is 4.00. The van der Waals surface area contributed by atoms with E-state index in [1.165, 1.54) is 10.5 Å². The summed E-state index contributed by atoms with van der Waals surface area (Å²) in [6.45, 7) is 4.25. The molecule has 0 aromatic heterocycles. The molecule has 0 saturated heterocycles. The van der Waals surface area contributed by atoms with E-state index < -0.39 is 0 Å². The Balaban J connectivity index is -0.00000000889. The molecule has 0 heterocycles. The number of hydrogen-bond acceptors (Lipinski definition) is 0. The number of rotatable bonds is 0. The van der Waals surface area contributed by atoms with E-state index in [4.69, 9.17) is 0 Å². The van der Waals surface area contributed by atoms with Crippen molar-refractivity contribution in [3.8, 4) is 0 Å². The molecule has 58 valence electrons. The van der Waals surface area contributed by atoms with Gasteiger partial charge in [0.2, 0.25) is 0 Å². The second kappa shape index (κ2) is 49.5. The molecule has 0 fully saturated rings. The van der Waals surface area contributed by atoms with Crippen LogP contribution in [0.1, 0.15) is 13.8 Å². The largest absolute Gasteiger partial charge is 0.197 e. The summed E-state index contributed by atoms with van der Waals surface area (Å²) in [6, 6.07) is 0. The molecule has 0 saturated carbocycles. The molecular weight excluding hydrogens is 289 g/mol. The van der Waals surface area contributed by atoms with Crippen LogP contribution in [0.5, 0.6) is 0 Å². The topological polar surface area (TPSA) is 0 Å². The Morgan fingerprint density at radius 3 is 0.778 bits per heavy atom. The fourth-order valence-corrected chi connectivity index (χ4v) is 0. The molecule has 0 aliphatic rings. The third kappa shape index (κ3) is 147. The van der Waals surface area contributed by atoms with Gasteiger partial charge in [-0.3, -0.25) is 0 Å². The SMILES string of the molecule is C[CH2][Ge].C[CH2][Ge].S.S.S. The molecule has 9 heavy (non-hydrogen) atoms. The van der Waals surface area contributed by atoms with Crippen molar-refractivity contribution in [2.75, 3.05) is 0 Å². The van der Waals surface area contributed by atoms with Gasteiger partial charge in [-0.25, -0.2) is 0 Å². The van der Waals surface area contributed by atoms with Crippen LogP contribution >= 0.6 is 40.5 Å². The molecule has 0 aromatic rings. The molecule has 0 bridgehead atoms. The van der Waals surface area contributed by atoms with Crippen LogP contribution in [-0.4, -0.2) is 33.0 Å². The van der Waals surface area contributed by atoms with Crippen LogP contribution in [-0.2, 0) is 0 Å². The quantitative estimate of drug-likeness (QED) is 0.595. The average Bonchev–Trinajstić information content (AvgIpc) is 1.39. The predicted octanol–water partition coefficient (Wildman–Crippen LogP) is 1.52. The summed E-state index contributed by atoms with van der Waals surface area (Å²) in [6.07, 6.45) is 0. The van der Waals surface area contributed by atoms with Crippen molar-refractivity contribution in [3.05, 3.63) is 0 Å². The van der Waals surface area contributed by atoms with E-state index >= 15 is 0 Å². The zero-order valence-electron chi connectivity index (χ0n) is 5.91. The van der Waals surface area contributed by atoms with E-state index in [0.717, 1.165) is 0 Å². The van der Waals surface area contributed by atoms with Crippen molar-refractivity contribution in [1.29, 1.82) is 0 Å². The smallest absolute Gasteiger partial charge is 0.197 e. The molecule has 0 aliphatic carbocycles. The molecular formula is C4H16Ge2S3. The summed E-state index contributed by atoms with van der Waals surface area (Å²) in [5.41, 5.74) is 0. The van der Waals surface area contributed by atoms with Crippen molar-refractivity contribution in [2.24, 2.45) is 0 Å². The van der Waals surface area contributed by atoms with Gasteiger partial charge in [-0.15, -0.1) is 0 Å². The van der Waals surface area contributed by atoms with Gasteiger partial charge in [0.05, 0.1) is 0 Å². The minimum absolute atomic E-state index is 0. The zero-order valence-corrected chi connectivity index (χ0v) is 13.1. The van der Waals surface area contributed by atoms with Gasteiger partial charge >= 0.3 is 57.4 Å². The summed E-state index contributed by atoms with van der Waals surface area (Å²) in [4.78, 5) is 0. The Kier molecular flexibility index (Phi) is 167. The first kappa shape index (κ1) is 30.4. The van der Waals surface area contributed by atoms with E-state index in [-0.39, 0.29) is 40.5 Å². The molecule has 0 aliphatic heterocycles. The molecule has 0 nitrogen and oxygen atoms in total. The van der Waals surface area contributed by atoms with Crippen LogP contribution in [0.4, 0.5) is 0 Å². The minimum atomic E-state index is 0. The number of hydrogen-bond donors (Lipinski definition) is 0. The van der Waals surface area contributed by atoms with E-state index in [1.807, 2.05) is 0 Å². The van der Waals surface area contributed by atoms with Gasteiger partial charge in [0.1, 0.15) is 0 Å². The summed E-state index contributed by atoms with van der Waals surface area (Å²) < 4.78 is 0. The summed E-state index contributed by atoms with van der Waals surface area (Å²) in [5.74, 6) is 0. The maximum atomic E-state index is 2.12. The average molecular weight is 306 g/mol. The first-order chi connectivity index (χ1) is 2.83. The molecule has 0 N–H and O–H groups in total. The second-order valence-corrected chi connectivity index (χ2v) is 3.67. The van der Waals surface area contributed by atoms with Gasteiger partial charge in [0.15, 0.2) is 0 Å². The van der Waals surface area contributed by atoms with Crippen molar-refractivity contribution in [1.82, 2.24) is 0 Å². The summed E-state index contributed by atoms with van der Waals surface area (Å²) >= 11 is 4.25. The van der Waals surface area contributed by atoms with Crippen LogP contribution in [0, 0.1) is 0 Å². The molecule has 0 rings (SSSR count). The molecule has 5 heteroatoms. The third-order valence-corrected chi connectivity index (χ3v) is 0. The standard InChI is InChI=1S/2C2H5Ge.3H2S/c2*1-2-3;;;/h2*2H2,1H3;3*1H2. The van der Waals surface area contributed by atoms with E-state index in [2.05, 4.69) is 46.9 Å². The fraction of sp³-hybridized carbons (Fsp3) is 1.00. The fourth-order valence-electron chi connectivity index (χ4n) is 0. The molecule has 0 aromatic carbocycles. The van der Waals surface area contributed by atoms with Gasteiger partial charge in [-0.1, -0.05) is 0 Å². The Morgan fingerprint density at radius 2 is 0.778 bits per heavy atom. The van der Waals surface area contributed by atoms with Crippen molar-refractivity contribution in [3.63, 3.8) is 0 Å². The van der Waals surface area contributed by atoms with Crippen LogP contribution in [0.3, 0.4) is 0 Å². The summed E-state index contributed by atoms with van der Waals surface area (Å²) in [5, 5.41) is 2.50. The van der Waals surface area contributed by atoms with Crippen LogP contribution in [0.25, 0.3) is 0 Å². The van der Waals surface area contributed by atoms with Crippen molar-refractivity contribution < 1.29 is 0 Å². The molecule has 0 unspecified atom stereocenters. The van der Waals surface area contributed by atoms with Crippen LogP contribution < -0.4 is 0 Å². The molecule has 0 atom stereocenters. The third-order valence-electron chi connectivity index (χ3n) is 0. The Labute approximate surface area is 97.1 Å². The van der Waals surface area contributed by atoms with E-state index in [1.54, 1.807) is 0 Å². The summed E-state index contributed by atoms with van der Waals surface area (Å²) in [7, 11) is 0. The van der Waals surface area contributed by atoms with Gasteiger partial charge in [-0.05, 0) is 0 Å². The van der Waals surface area contributed by atoms with E-state index in [9.17, 15) is 0 Å². The van der Waals surface area contributed by atoms with E-state index in [0.29, 0.717) is 0 Å². The maximum absolute atomic E-state index is 2.12. The van der Waals surface area contributed by atoms with Gasteiger partial charge < -0.3 is 0 Å². The first-order valence-corrected chi connectivity index (χ1v) is 5.09. The van der Waals surface area contributed by atoms with Gasteiger partial charge in [0.25, 0.3) is 0 Å². The predicted molar refractivity (Wildman–Crippen MR) is 63.6 cm³/mol. The Bertz CT molecular complexity index is 15.8. The second-order valence-electron chi connectivity index (χ2n) is 0.707. The van der Waals surface area contributed by atoms with Gasteiger partial charge in [-0.2, -0.15) is 40.5 Å². The van der Waals surface area contributed by atoms with Crippen molar-refractivity contribution in [2.45, 2.75) is 24.4 Å². The van der Waals surface area contributed by atoms with Crippen LogP contribution in [0.2, 0.25) is 10.5 Å². The first-order valence-electron chi connectivity index (χ1n) is 2.12. The Hall–Kier alpha value is 2.14. The molecule has 0 spiro atoms. The molecule has 0 amide bonds. The Morgan fingerprint density at radius 1 is 0.778 bits per heavy atom. The molecule has 6 radical (unpaired) electrons. The van der Waals surface area contributed by atoms with Crippen LogP contribution in [0.15, 0.2) is 0 Å². The van der Waals surface area contributed by atoms with Crippen molar-refractivity contribution >= 4 is 73.5 Å². The monoisotopic (exact) mass is 308 g/mol. The minimum Gasteiger partial charge on any atom is -0.197 e. The maximum Gasteiger partial charge on any atom is -0.197 e. The van der Waals surface area contributed by atoms with Gasteiger partial charge in [0, 0.05) is 0 Å². The zero-order chi connectivity index (χ0) is 5.41.